The summed E-state index contributed by atoms with van der Waals surface area (Å²) in [6, 6.07) is 8.11. The number of hydrogen-bond acceptors (Lipinski definition) is 5. The van der Waals surface area contributed by atoms with E-state index >= 15 is 0 Å². The Morgan fingerprint density at radius 1 is 1.24 bits per heavy atom. The molecule has 6 rings (SSSR count). The van der Waals surface area contributed by atoms with Gasteiger partial charge in [-0.2, -0.15) is 0 Å². The molecule has 1 fully saturated rings. The van der Waals surface area contributed by atoms with Gasteiger partial charge in [0.25, 0.3) is 11.5 Å². The van der Waals surface area contributed by atoms with Crippen LogP contribution in [-0.4, -0.2) is 45.2 Å². The van der Waals surface area contributed by atoms with E-state index in [2.05, 4.69) is 15.2 Å². The van der Waals surface area contributed by atoms with Crippen LogP contribution in [0.1, 0.15) is 46.1 Å². The topological polar surface area (TPSA) is 92.6 Å². The van der Waals surface area contributed by atoms with E-state index < -0.39 is 0 Å². The molecule has 1 saturated heterocycles. The van der Waals surface area contributed by atoms with Gasteiger partial charge in [0.2, 0.25) is 5.65 Å². The number of ether oxygens (including phenoxy) is 1. The molecule has 1 amide bonds. The first-order chi connectivity index (χ1) is 16.0. The number of nitrogens with zero attached hydrogens (tertiary/aromatic N) is 4. The Kier molecular flexibility index (Phi) is 5.61. The van der Waals surface area contributed by atoms with Crippen molar-refractivity contribution in [3.63, 3.8) is 0 Å². The Morgan fingerprint density at radius 2 is 2.09 bits per heavy atom. The summed E-state index contributed by atoms with van der Waals surface area (Å²) >= 11 is 0. The number of anilines is 1. The first-order valence-corrected chi connectivity index (χ1v) is 11.1. The Balaban J connectivity index is 0.00000241. The van der Waals surface area contributed by atoms with Crippen molar-refractivity contribution in [2.75, 3.05) is 24.7 Å². The molecular formula is C24H23ClFN5O3. The lowest BCUT2D eigenvalue weighted by molar-refractivity contribution is 0.0778. The third-order valence-corrected chi connectivity index (χ3v) is 6.66. The summed E-state index contributed by atoms with van der Waals surface area (Å²) in [5.41, 5.74) is 3.97. The van der Waals surface area contributed by atoms with Gasteiger partial charge < -0.3 is 14.6 Å². The van der Waals surface area contributed by atoms with E-state index in [1.807, 2.05) is 13.0 Å². The zero-order valence-electron chi connectivity index (χ0n) is 18.5. The highest BCUT2D eigenvalue weighted by Crippen LogP contribution is 2.32. The minimum Gasteiger partial charge on any atom is -0.381 e. The molecule has 2 aliphatic heterocycles. The average molecular weight is 484 g/mol. The molecule has 4 aromatic rings. The predicted molar refractivity (Wildman–Crippen MR) is 128 cm³/mol. The number of nitrogens with one attached hydrogen (secondary N) is 1. The van der Waals surface area contributed by atoms with Crippen LogP contribution in [-0.2, 0) is 11.2 Å². The van der Waals surface area contributed by atoms with Gasteiger partial charge in [-0.25, -0.2) is 4.39 Å². The smallest absolute Gasteiger partial charge is 0.294 e. The van der Waals surface area contributed by atoms with Crippen LogP contribution in [0.3, 0.4) is 0 Å². The normalized spacial score (nSPS) is 17.7. The molecule has 4 heterocycles. The number of aryl methyl sites for hydroxylation is 1. The monoisotopic (exact) mass is 483 g/mol. The Bertz CT molecular complexity index is 1490. The number of rotatable bonds is 2. The summed E-state index contributed by atoms with van der Waals surface area (Å²) in [5, 5.41) is 8.45. The van der Waals surface area contributed by atoms with Gasteiger partial charge in [0.1, 0.15) is 11.6 Å². The zero-order chi connectivity index (χ0) is 22.7. The Labute approximate surface area is 200 Å². The number of carbonyl (C=O) groups excluding carboxylic acids is 1. The number of amides is 1. The van der Waals surface area contributed by atoms with Crippen molar-refractivity contribution < 1.29 is 13.9 Å². The molecule has 0 spiro atoms. The van der Waals surface area contributed by atoms with Crippen molar-refractivity contribution in [3.05, 3.63) is 69.0 Å². The summed E-state index contributed by atoms with van der Waals surface area (Å²) in [5.74, 6) is 0.279. The quantitative estimate of drug-likeness (QED) is 0.471. The highest BCUT2D eigenvalue weighted by atomic mass is 35.5. The minimum absolute atomic E-state index is 0. The van der Waals surface area contributed by atoms with Crippen LogP contribution in [0.25, 0.3) is 16.7 Å². The van der Waals surface area contributed by atoms with E-state index in [1.54, 1.807) is 21.4 Å². The number of hydrogen-bond donors (Lipinski definition) is 1. The van der Waals surface area contributed by atoms with Crippen LogP contribution in [0.5, 0.6) is 0 Å². The molecule has 176 valence electrons. The van der Waals surface area contributed by atoms with Gasteiger partial charge >= 0.3 is 0 Å². The second kappa shape index (κ2) is 8.48. The fourth-order valence-corrected chi connectivity index (χ4v) is 5.00. The number of aromatic nitrogens is 4. The second-order valence-corrected chi connectivity index (χ2v) is 8.75. The number of fused-ring (bicyclic) bond motifs is 4. The number of H-pyrrole nitrogens is 1. The van der Waals surface area contributed by atoms with Gasteiger partial charge in [0.15, 0.2) is 0 Å². The van der Waals surface area contributed by atoms with Crippen LogP contribution in [0.4, 0.5) is 10.1 Å². The summed E-state index contributed by atoms with van der Waals surface area (Å²) in [4.78, 5) is 30.8. The van der Waals surface area contributed by atoms with Crippen LogP contribution in [0.2, 0.25) is 0 Å². The Hall–Kier alpha value is -3.30. The van der Waals surface area contributed by atoms with Gasteiger partial charge in [-0.3, -0.25) is 14.0 Å². The lowest BCUT2D eigenvalue weighted by Gasteiger charge is -2.21. The summed E-state index contributed by atoms with van der Waals surface area (Å²) < 4.78 is 21.0. The molecule has 2 aromatic carbocycles. The Morgan fingerprint density at radius 3 is 2.88 bits per heavy atom. The number of aromatic amines is 1. The second-order valence-electron chi connectivity index (χ2n) is 8.75. The number of halogens is 2. The molecule has 2 aliphatic rings. The standard InChI is InChI=1S/C24H22FN5O3.ClH/c1-13-9-20-18(11-17(13)24(32)29-7-6-14-10-16(25)4-5-19(14)29)26-23(31)22-28-27-21(30(20)22)15-3-2-8-33-12-15;/h4-5,9-11,15H,2-3,6-8,12H2,1H3,(H,26,31);1H. The molecule has 1 unspecified atom stereocenters. The molecule has 0 saturated carbocycles. The molecule has 1 N–H and O–H groups in total. The van der Waals surface area contributed by atoms with Gasteiger partial charge in [0.05, 0.1) is 17.6 Å². The molecule has 0 bridgehead atoms. The van der Waals surface area contributed by atoms with Crippen molar-refractivity contribution in [2.24, 2.45) is 0 Å². The molecule has 0 radical (unpaired) electrons. The van der Waals surface area contributed by atoms with E-state index in [4.69, 9.17) is 4.74 Å². The maximum atomic E-state index is 13.6. The lowest BCUT2D eigenvalue weighted by Crippen LogP contribution is -2.29. The molecule has 8 nitrogen and oxygen atoms in total. The summed E-state index contributed by atoms with van der Waals surface area (Å²) in [6.45, 7) is 3.63. The summed E-state index contributed by atoms with van der Waals surface area (Å²) in [6.07, 6.45) is 2.45. The van der Waals surface area contributed by atoms with Crippen molar-refractivity contribution in [3.8, 4) is 0 Å². The molecular weight excluding hydrogens is 461 g/mol. The maximum absolute atomic E-state index is 13.6. The van der Waals surface area contributed by atoms with Crippen LogP contribution >= 0.6 is 12.4 Å². The third kappa shape index (κ3) is 3.47. The van der Waals surface area contributed by atoms with Crippen LogP contribution in [0.15, 0.2) is 35.1 Å². The summed E-state index contributed by atoms with van der Waals surface area (Å²) in [7, 11) is 0. The van der Waals surface area contributed by atoms with Crippen molar-refractivity contribution in [1.82, 2.24) is 19.6 Å². The molecule has 34 heavy (non-hydrogen) atoms. The molecule has 1 atom stereocenters. The van der Waals surface area contributed by atoms with Gasteiger partial charge in [-0.05, 0) is 67.6 Å². The van der Waals surface area contributed by atoms with Gasteiger partial charge in [-0.1, -0.05) is 0 Å². The highest BCUT2D eigenvalue weighted by Gasteiger charge is 2.28. The first-order valence-electron chi connectivity index (χ1n) is 11.1. The first kappa shape index (κ1) is 22.5. The highest BCUT2D eigenvalue weighted by molar-refractivity contribution is 6.09. The van der Waals surface area contributed by atoms with Crippen LogP contribution < -0.4 is 10.5 Å². The van der Waals surface area contributed by atoms with E-state index in [0.29, 0.717) is 36.5 Å². The molecule has 0 aliphatic carbocycles. The molecule has 2 aromatic heterocycles. The fraction of sp³-hybridized carbons (Fsp3) is 0.333. The van der Waals surface area contributed by atoms with Crippen molar-refractivity contribution in [1.29, 1.82) is 0 Å². The fourth-order valence-electron chi connectivity index (χ4n) is 5.00. The van der Waals surface area contributed by atoms with Crippen molar-refractivity contribution in [2.45, 2.75) is 32.1 Å². The lowest BCUT2D eigenvalue weighted by atomic mass is 10.0. The van der Waals surface area contributed by atoms with E-state index in [9.17, 15) is 14.0 Å². The largest absolute Gasteiger partial charge is 0.381 e. The zero-order valence-corrected chi connectivity index (χ0v) is 19.3. The minimum atomic E-state index is -0.359. The van der Waals surface area contributed by atoms with Crippen LogP contribution in [0, 0.1) is 12.7 Å². The van der Waals surface area contributed by atoms with Gasteiger partial charge in [-0.15, -0.1) is 22.6 Å². The van der Waals surface area contributed by atoms with E-state index in [-0.39, 0.29) is 41.3 Å². The SMILES string of the molecule is Cc1cc2c(cc1C(=O)N1CCc3cc(F)ccc31)[nH]c(=O)c1nnc(C3CCCOC3)n12.Cl. The third-order valence-electron chi connectivity index (χ3n) is 6.66. The predicted octanol–water partition coefficient (Wildman–Crippen LogP) is 3.54. The average Bonchev–Trinajstić information content (AvgIpc) is 3.44. The van der Waals surface area contributed by atoms with E-state index in [1.165, 1.54) is 12.1 Å². The van der Waals surface area contributed by atoms with Crippen molar-refractivity contribution >= 4 is 40.7 Å². The number of benzene rings is 2. The number of carbonyl (C=O) groups is 1. The van der Waals surface area contributed by atoms with E-state index in [0.717, 1.165) is 41.8 Å². The molecule has 10 heteroatoms. The maximum Gasteiger partial charge on any atom is 0.294 e. The van der Waals surface area contributed by atoms with Gasteiger partial charge in [0, 0.05) is 30.3 Å².